The van der Waals surface area contributed by atoms with Crippen molar-refractivity contribution in [3.05, 3.63) is 0 Å². The second-order valence-corrected chi connectivity index (χ2v) is 4.88. The van der Waals surface area contributed by atoms with E-state index in [0.717, 1.165) is 6.42 Å². The normalized spacial score (nSPS) is 15.4. The van der Waals surface area contributed by atoms with Gasteiger partial charge in [-0.15, -0.1) is 0 Å². The van der Waals surface area contributed by atoms with Crippen molar-refractivity contribution in [3.8, 4) is 0 Å². The third kappa shape index (κ3) is 11.6. The lowest BCUT2D eigenvalue weighted by Gasteiger charge is -2.20. The van der Waals surface area contributed by atoms with Gasteiger partial charge >= 0.3 is 6.18 Å². The molecule has 0 aliphatic carbocycles. The van der Waals surface area contributed by atoms with Gasteiger partial charge in [-0.25, -0.2) is 0 Å². The van der Waals surface area contributed by atoms with Gasteiger partial charge in [0.1, 0.15) is 6.61 Å². The highest BCUT2D eigenvalue weighted by atomic mass is 19.4. The molecule has 0 saturated carbocycles. The first-order chi connectivity index (χ1) is 6.60. The standard InChI is InChI=1S/C10H19F3O2/c1-9(2,3)5-4-8(14)6-15-7-10(11,12)13/h8,14H,4-7H2,1-3H3. The molecule has 0 aromatic heterocycles. The van der Waals surface area contributed by atoms with E-state index in [2.05, 4.69) is 4.74 Å². The Morgan fingerprint density at radius 2 is 1.73 bits per heavy atom. The van der Waals surface area contributed by atoms with Crippen LogP contribution in [0, 0.1) is 5.41 Å². The van der Waals surface area contributed by atoms with E-state index < -0.39 is 18.9 Å². The highest BCUT2D eigenvalue weighted by Crippen LogP contribution is 2.22. The summed E-state index contributed by atoms with van der Waals surface area (Å²) in [4.78, 5) is 0. The zero-order valence-corrected chi connectivity index (χ0v) is 9.40. The van der Waals surface area contributed by atoms with Crippen molar-refractivity contribution in [2.24, 2.45) is 5.41 Å². The van der Waals surface area contributed by atoms with Gasteiger partial charge in [0.25, 0.3) is 0 Å². The molecule has 0 spiro atoms. The van der Waals surface area contributed by atoms with Crippen LogP contribution in [-0.4, -0.2) is 30.6 Å². The minimum Gasteiger partial charge on any atom is -0.391 e. The molecule has 0 amide bonds. The van der Waals surface area contributed by atoms with Crippen LogP contribution in [0.1, 0.15) is 33.6 Å². The molecule has 1 unspecified atom stereocenters. The van der Waals surface area contributed by atoms with Gasteiger partial charge < -0.3 is 9.84 Å². The number of ether oxygens (including phenoxy) is 1. The summed E-state index contributed by atoms with van der Waals surface area (Å²) in [6.45, 7) is 4.48. The van der Waals surface area contributed by atoms with Crippen LogP contribution in [0.25, 0.3) is 0 Å². The largest absolute Gasteiger partial charge is 0.411 e. The van der Waals surface area contributed by atoms with Crippen molar-refractivity contribution in [2.45, 2.75) is 45.9 Å². The van der Waals surface area contributed by atoms with Crippen LogP contribution in [0.5, 0.6) is 0 Å². The Bertz CT molecular complexity index is 172. The second kappa shape index (κ2) is 5.70. The molecular formula is C10H19F3O2. The van der Waals surface area contributed by atoms with Gasteiger partial charge in [0.05, 0.1) is 12.7 Å². The summed E-state index contributed by atoms with van der Waals surface area (Å²) in [5.74, 6) is 0. The Hall–Kier alpha value is -0.290. The third-order valence-electron chi connectivity index (χ3n) is 1.80. The van der Waals surface area contributed by atoms with E-state index in [4.69, 9.17) is 0 Å². The van der Waals surface area contributed by atoms with E-state index in [0.29, 0.717) is 6.42 Å². The van der Waals surface area contributed by atoms with Crippen molar-refractivity contribution in [1.29, 1.82) is 0 Å². The number of hydrogen-bond acceptors (Lipinski definition) is 2. The molecule has 92 valence electrons. The van der Waals surface area contributed by atoms with Crippen LogP contribution in [0.15, 0.2) is 0 Å². The topological polar surface area (TPSA) is 29.5 Å². The van der Waals surface area contributed by atoms with Crippen molar-refractivity contribution in [2.75, 3.05) is 13.2 Å². The highest BCUT2D eigenvalue weighted by molar-refractivity contribution is 4.65. The molecule has 0 heterocycles. The molecule has 5 heteroatoms. The molecular weight excluding hydrogens is 209 g/mol. The monoisotopic (exact) mass is 228 g/mol. The first-order valence-corrected chi connectivity index (χ1v) is 4.93. The molecule has 15 heavy (non-hydrogen) atoms. The smallest absolute Gasteiger partial charge is 0.391 e. The van der Waals surface area contributed by atoms with Gasteiger partial charge in [0, 0.05) is 0 Å². The Kier molecular flexibility index (Phi) is 5.59. The molecule has 1 atom stereocenters. The predicted molar refractivity (Wildman–Crippen MR) is 51.6 cm³/mol. The third-order valence-corrected chi connectivity index (χ3v) is 1.80. The number of hydrogen-bond donors (Lipinski definition) is 1. The van der Waals surface area contributed by atoms with Crippen LogP contribution < -0.4 is 0 Å². The molecule has 1 N–H and O–H groups in total. The van der Waals surface area contributed by atoms with Crippen molar-refractivity contribution >= 4 is 0 Å². The Labute approximate surface area is 88.4 Å². The van der Waals surface area contributed by atoms with Gasteiger partial charge in [-0.05, 0) is 18.3 Å². The molecule has 0 saturated heterocycles. The maximum absolute atomic E-state index is 11.7. The van der Waals surface area contributed by atoms with E-state index in [9.17, 15) is 18.3 Å². The van der Waals surface area contributed by atoms with Crippen LogP contribution in [0.4, 0.5) is 13.2 Å². The minimum absolute atomic E-state index is 0.0744. The Morgan fingerprint density at radius 3 is 2.13 bits per heavy atom. The SMILES string of the molecule is CC(C)(C)CCC(O)COCC(F)(F)F. The van der Waals surface area contributed by atoms with E-state index in [1.807, 2.05) is 20.8 Å². The first-order valence-electron chi connectivity index (χ1n) is 4.93. The fourth-order valence-corrected chi connectivity index (χ4v) is 0.994. The summed E-state index contributed by atoms with van der Waals surface area (Å²) in [6.07, 6.45) is -3.92. The zero-order chi connectivity index (χ0) is 12.1. The number of rotatable bonds is 5. The molecule has 2 nitrogen and oxygen atoms in total. The van der Waals surface area contributed by atoms with Gasteiger partial charge in [-0.1, -0.05) is 20.8 Å². The van der Waals surface area contributed by atoms with Crippen molar-refractivity contribution < 1.29 is 23.0 Å². The van der Waals surface area contributed by atoms with E-state index in [1.165, 1.54) is 0 Å². The van der Waals surface area contributed by atoms with E-state index in [-0.39, 0.29) is 12.0 Å². The summed E-state index contributed by atoms with van der Waals surface area (Å²) in [5, 5.41) is 9.32. The van der Waals surface area contributed by atoms with Gasteiger partial charge in [0.2, 0.25) is 0 Å². The molecule has 0 bridgehead atoms. The fraction of sp³-hybridized carbons (Fsp3) is 1.00. The van der Waals surface area contributed by atoms with Crippen LogP contribution in [-0.2, 0) is 4.74 Å². The Morgan fingerprint density at radius 1 is 1.20 bits per heavy atom. The molecule has 0 radical (unpaired) electrons. The summed E-state index contributed by atoms with van der Waals surface area (Å²) in [5.41, 5.74) is 0.0744. The van der Waals surface area contributed by atoms with Crippen LogP contribution >= 0.6 is 0 Å². The molecule has 0 fully saturated rings. The first kappa shape index (κ1) is 14.7. The maximum atomic E-state index is 11.7. The zero-order valence-electron chi connectivity index (χ0n) is 9.40. The molecule has 0 aromatic rings. The van der Waals surface area contributed by atoms with Crippen molar-refractivity contribution in [3.63, 3.8) is 0 Å². The molecule has 0 rings (SSSR count). The molecule has 0 aliphatic rings. The van der Waals surface area contributed by atoms with Gasteiger partial charge in [0.15, 0.2) is 0 Å². The van der Waals surface area contributed by atoms with E-state index in [1.54, 1.807) is 0 Å². The lowest BCUT2D eigenvalue weighted by atomic mass is 9.89. The van der Waals surface area contributed by atoms with Crippen LogP contribution in [0.2, 0.25) is 0 Å². The number of halogens is 3. The number of aliphatic hydroxyl groups excluding tert-OH is 1. The minimum atomic E-state index is -4.32. The molecule has 0 aliphatic heterocycles. The lowest BCUT2D eigenvalue weighted by Crippen LogP contribution is -2.23. The average Bonchev–Trinajstić information content (AvgIpc) is 1.97. The van der Waals surface area contributed by atoms with E-state index >= 15 is 0 Å². The Balaban J connectivity index is 3.54. The maximum Gasteiger partial charge on any atom is 0.411 e. The summed E-state index contributed by atoms with van der Waals surface area (Å²) in [6, 6.07) is 0. The van der Waals surface area contributed by atoms with Gasteiger partial charge in [-0.2, -0.15) is 13.2 Å². The average molecular weight is 228 g/mol. The predicted octanol–water partition coefficient (Wildman–Crippen LogP) is 2.75. The van der Waals surface area contributed by atoms with Crippen LogP contribution in [0.3, 0.4) is 0 Å². The summed E-state index contributed by atoms with van der Waals surface area (Å²) >= 11 is 0. The van der Waals surface area contributed by atoms with Gasteiger partial charge in [-0.3, -0.25) is 0 Å². The number of aliphatic hydroxyl groups is 1. The summed E-state index contributed by atoms with van der Waals surface area (Å²) < 4.78 is 39.4. The second-order valence-electron chi connectivity index (χ2n) is 4.88. The summed E-state index contributed by atoms with van der Waals surface area (Å²) in [7, 11) is 0. The quantitative estimate of drug-likeness (QED) is 0.784. The molecule has 0 aromatic carbocycles. The fourth-order valence-electron chi connectivity index (χ4n) is 0.994. The lowest BCUT2D eigenvalue weighted by molar-refractivity contribution is -0.179. The number of alkyl halides is 3. The van der Waals surface area contributed by atoms with Crippen molar-refractivity contribution in [1.82, 2.24) is 0 Å². The highest BCUT2D eigenvalue weighted by Gasteiger charge is 2.27.